The zero-order valence-corrected chi connectivity index (χ0v) is 10.5. The van der Waals surface area contributed by atoms with Gasteiger partial charge >= 0.3 is 0 Å². The van der Waals surface area contributed by atoms with Gasteiger partial charge in [-0.3, -0.25) is 4.98 Å². The van der Waals surface area contributed by atoms with Crippen molar-refractivity contribution < 1.29 is 9.84 Å². The molecule has 0 bridgehead atoms. The van der Waals surface area contributed by atoms with E-state index in [1.54, 1.807) is 25.3 Å². The summed E-state index contributed by atoms with van der Waals surface area (Å²) in [5, 5.41) is 10.4. The Balaban J connectivity index is 2.13. The Hall–Kier alpha value is -2.55. The number of pyridine rings is 1. The molecular weight excluding hydrogens is 238 g/mol. The summed E-state index contributed by atoms with van der Waals surface area (Å²) >= 11 is 0. The molecule has 0 radical (unpaired) electrons. The zero-order valence-electron chi connectivity index (χ0n) is 10.5. The van der Waals surface area contributed by atoms with E-state index in [1.807, 2.05) is 36.5 Å². The first-order valence-electron chi connectivity index (χ1n) is 5.99. The van der Waals surface area contributed by atoms with Gasteiger partial charge in [0.15, 0.2) is 0 Å². The SMILES string of the molecule is COc1cccc(-c2cnc3ccc(O)cc3c2)c1. The standard InChI is InChI=1S/C16H13NO2/c1-19-15-4-2-3-11(9-15)13-7-12-8-14(18)5-6-16(12)17-10-13/h2-10,18H,1H3. The molecule has 0 unspecified atom stereocenters. The molecule has 1 N–H and O–H groups in total. The number of ether oxygens (including phenoxy) is 1. The first-order valence-corrected chi connectivity index (χ1v) is 5.99. The maximum atomic E-state index is 9.53. The molecule has 3 nitrogen and oxygen atoms in total. The highest BCUT2D eigenvalue weighted by Gasteiger charge is 2.03. The summed E-state index contributed by atoms with van der Waals surface area (Å²) in [6, 6.07) is 15.0. The van der Waals surface area contributed by atoms with Gasteiger partial charge in [0.25, 0.3) is 0 Å². The maximum Gasteiger partial charge on any atom is 0.119 e. The summed E-state index contributed by atoms with van der Waals surface area (Å²) in [6.07, 6.45) is 1.83. The number of aromatic hydroxyl groups is 1. The van der Waals surface area contributed by atoms with Gasteiger partial charge in [-0.1, -0.05) is 12.1 Å². The third-order valence-corrected chi connectivity index (χ3v) is 3.07. The van der Waals surface area contributed by atoms with E-state index in [0.29, 0.717) is 0 Å². The Morgan fingerprint density at radius 1 is 1.00 bits per heavy atom. The van der Waals surface area contributed by atoms with E-state index in [9.17, 15) is 5.11 Å². The lowest BCUT2D eigenvalue weighted by Gasteiger charge is -2.06. The van der Waals surface area contributed by atoms with Crippen LogP contribution >= 0.6 is 0 Å². The van der Waals surface area contributed by atoms with Gasteiger partial charge in [-0.15, -0.1) is 0 Å². The van der Waals surface area contributed by atoms with Gasteiger partial charge in [-0.25, -0.2) is 0 Å². The third-order valence-electron chi connectivity index (χ3n) is 3.07. The van der Waals surface area contributed by atoms with Gasteiger partial charge in [0.1, 0.15) is 11.5 Å². The molecule has 94 valence electrons. The van der Waals surface area contributed by atoms with Crippen LogP contribution in [0.4, 0.5) is 0 Å². The van der Waals surface area contributed by atoms with Gasteiger partial charge in [-0.2, -0.15) is 0 Å². The first-order chi connectivity index (χ1) is 9.26. The molecule has 0 spiro atoms. The first kappa shape index (κ1) is 11.5. The fraction of sp³-hybridized carbons (Fsp3) is 0.0625. The normalized spacial score (nSPS) is 10.6. The molecule has 0 aliphatic carbocycles. The summed E-state index contributed by atoms with van der Waals surface area (Å²) in [7, 11) is 1.65. The highest BCUT2D eigenvalue weighted by Crippen LogP contribution is 2.27. The van der Waals surface area contributed by atoms with Crippen LogP contribution in [0.2, 0.25) is 0 Å². The average Bonchev–Trinajstić information content (AvgIpc) is 2.46. The van der Waals surface area contributed by atoms with Crippen molar-refractivity contribution in [3.8, 4) is 22.6 Å². The van der Waals surface area contributed by atoms with Crippen LogP contribution in [0.3, 0.4) is 0 Å². The van der Waals surface area contributed by atoms with Crippen molar-refractivity contribution in [2.75, 3.05) is 7.11 Å². The lowest BCUT2D eigenvalue weighted by atomic mass is 10.1. The van der Waals surface area contributed by atoms with Crippen LogP contribution in [-0.2, 0) is 0 Å². The molecule has 1 aromatic heterocycles. The van der Waals surface area contributed by atoms with Crippen LogP contribution < -0.4 is 4.74 Å². The van der Waals surface area contributed by atoms with Crippen molar-refractivity contribution >= 4 is 10.9 Å². The molecular formula is C16H13NO2. The number of hydrogen-bond acceptors (Lipinski definition) is 3. The van der Waals surface area contributed by atoms with E-state index in [4.69, 9.17) is 4.74 Å². The van der Waals surface area contributed by atoms with Gasteiger partial charge in [-0.05, 0) is 42.0 Å². The molecule has 0 saturated carbocycles. The second kappa shape index (κ2) is 4.61. The number of fused-ring (bicyclic) bond motifs is 1. The number of rotatable bonds is 2. The van der Waals surface area contributed by atoms with Crippen molar-refractivity contribution in [3.63, 3.8) is 0 Å². The molecule has 0 saturated heterocycles. The lowest BCUT2D eigenvalue weighted by molar-refractivity contribution is 0.415. The van der Waals surface area contributed by atoms with Crippen molar-refractivity contribution in [1.82, 2.24) is 4.98 Å². The Bertz CT molecular complexity index is 738. The fourth-order valence-electron chi connectivity index (χ4n) is 2.08. The van der Waals surface area contributed by atoms with Crippen LogP contribution in [-0.4, -0.2) is 17.2 Å². The van der Waals surface area contributed by atoms with Crippen LogP contribution in [0, 0.1) is 0 Å². The molecule has 0 fully saturated rings. The monoisotopic (exact) mass is 251 g/mol. The topological polar surface area (TPSA) is 42.4 Å². The van der Waals surface area contributed by atoms with Crippen LogP contribution in [0.25, 0.3) is 22.0 Å². The van der Waals surface area contributed by atoms with Crippen molar-refractivity contribution in [2.24, 2.45) is 0 Å². The van der Waals surface area contributed by atoms with Crippen LogP contribution in [0.1, 0.15) is 0 Å². The summed E-state index contributed by atoms with van der Waals surface area (Å²) in [4.78, 5) is 4.40. The number of nitrogens with zero attached hydrogens (tertiary/aromatic N) is 1. The van der Waals surface area contributed by atoms with Gasteiger partial charge in [0.2, 0.25) is 0 Å². The van der Waals surface area contributed by atoms with Crippen LogP contribution in [0.5, 0.6) is 11.5 Å². The van der Waals surface area contributed by atoms with E-state index in [1.165, 1.54) is 0 Å². The predicted octanol–water partition coefficient (Wildman–Crippen LogP) is 3.62. The highest BCUT2D eigenvalue weighted by atomic mass is 16.5. The Morgan fingerprint density at radius 2 is 1.89 bits per heavy atom. The molecule has 3 rings (SSSR count). The fourth-order valence-corrected chi connectivity index (χ4v) is 2.08. The highest BCUT2D eigenvalue weighted by molar-refractivity contribution is 5.84. The molecule has 0 amide bonds. The van der Waals surface area contributed by atoms with E-state index in [0.717, 1.165) is 27.8 Å². The number of hydrogen-bond donors (Lipinski definition) is 1. The predicted molar refractivity (Wildman–Crippen MR) is 75.4 cm³/mol. The maximum absolute atomic E-state index is 9.53. The third kappa shape index (κ3) is 2.22. The summed E-state index contributed by atoms with van der Waals surface area (Å²) in [5.41, 5.74) is 2.90. The van der Waals surface area contributed by atoms with E-state index >= 15 is 0 Å². The minimum absolute atomic E-state index is 0.247. The quantitative estimate of drug-likeness (QED) is 0.756. The number of phenols is 1. The number of aromatic nitrogens is 1. The van der Waals surface area contributed by atoms with Gasteiger partial charge < -0.3 is 9.84 Å². The molecule has 19 heavy (non-hydrogen) atoms. The van der Waals surface area contributed by atoms with Crippen molar-refractivity contribution in [1.29, 1.82) is 0 Å². The van der Waals surface area contributed by atoms with Crippen molar-refractivity contribution in [2.45, 2.75) is 0 Å². The van der Waals surface area contributed by atoms with E-state index in [2.05, 4.69) is 4.98 Å². The molecule has 0 aliphatic heterocycles. The summed E-state index contributed by atoms with van der Waals surface area (Å²) in [6.45, 7) is 0. The summed E-state index contributed by atoms with van der Waals surface area (Å²) < 4.78 is 5.22. The minimum Gasteiger partial charge on any atom is -0.508 e. The molecule has 3 aromatic rings. The van der Waals surface area contributed by atoms with Gasteiger partial charge in [0, 0.05) is 17.1 Å². The minimum atomic E-state index is 0.247. The van der Waals surface area contributed by atoms with Crippen LogP contribution in [0.15, 0.2) is 54.7 Å². The summed E-state index contributed by atoms with van der Waals surface area (Å²) in [5.74, 6) is 1.06. The second-order valence-corrected chi connectivity index (χ2v) is 4.33. The molecule has 3 heteroatoms. The van der Waals surface area contributed by atoms with E-state index < -0.39 is 0 Å². The lowest BCUT2D eigenvalue weighted by Crippen LogP contribution is -1.85. The molecule has 0 atom stereocenters. The largest absolute Gasteiger partial charge is 0.508 e. The average molecular weight is 251 g/mol. The van der Waals surface area contributed by atoms with E-state index in [-0.39, 0.29) is 5.75 Å². The molecule has 1 heterocycles. The second-order valence-electron chi connectivity index (χ2n) is 4.33. The number of benzene rings is 2. The zero-order chi connectivity index (χ0) is 13.2. The Kier molecular flexibility index (Phi) is 2.80. The Labute approximate surface area is 111 Å². The number of methoxy groups -OCH3 is 1. The smallest absolute Gasteiger partial charge is 0.119 e. The van der Waals surface area contributed by atoms with Crippen molar-refractivity contribution in [3.05, 3.63) is 54.7 Å². The molecule has 2 aromatic carbocycles. The Morgan fingerprint density at radius 3 is 2.74 bits per heavy atom. The molecule has 0 aliphatic rings. The van der Waals surface area contributed by atoms with Gasteiger partial charge in [0.05, 0.1) is 12.6 Å². The number of phenolic OH excluding ortho intramolecular Hbond substituents is 1.